The Morgan fingerprint density at radius 1 is 1.21 bits per heavy atom. The minimum atomic E-state index is -0.611. The van der Waals surface area contributed by atoms with Gasteiger partial charge in [-0.1, -0.05) is 6.07 Å². The normalized spacial score (nSPS) is 12.3. The van der Waals surface area contributed by atoms with Crippen molar-refractivity contribution in [3.63, 3.8) is 0 Å². The molecule has 0 heterocycles. The van der Waals surface area contributed by atoms with Gasteiger partial charge in [-0.05, 0) is 51.8 Å². The molecule has 0 aliphatic rings. The molecule has 5 nitrogen and oxygen atoms in total. The Hall–Kier alpha value is -1.82. The van der Waals surface area contributed by atoms with Crippen LogP contribution in [0.25, 0.3) is 0 Å². The highest BCUT2D eigenvalue weighted by atomic mass is 19.1. The topological polar surface area (TPSA) is 59.9 Å². The molecule has 0 atom stereocenters. The number of benzene rings is 1. The van der Waals surface area contributed by atoms with Crippen LogP contribution in [0.2, 0.25) is 0 Å². The van der Waals surface area contributed by atoms with Gasteiger partial charge in [0, 0.05) is 38.8 Å². The summed E-state index contributed by atoms with van der Waals surface area (Å²) in [6, 6.07) is 5.42. The van der Waals surface area contributed by atoms with Crippen molar-refractivity contribution in [2.24, 2.45) is 4.99 Å². The molecule has 0 saturated carbocycles. The maximum atomic E-state index is 13.3. The highest BCUT2D eigenvalue weighted by Gasteiger charge is 2.12. The number of guanidine groups is 1. The quantitative estimate of drug-likeness (QED) is 0.387. The zero-order chi connectivity index (χ0) is 18.1. The second kappa shape index (κ2) is 10.1. The first-order valence-corrected chi connectivity index (χ1v) is 8.52. The number of nitrogens with one attached hydrogen (secondary N) is 2. The second-order valence-corrected chi connectivity index (χ2v) is 6.42. The van der Waals surface area contributed by atoms with Gasteiger partial charge in [-0.25, -0.2) is 4.39 Å². The van der Waals surface area contributed by atoms with E-state index in [1.54, 1.807) is 13.1 Å². The molecule has 0 saturated heterocycles. The van der Waals surface area contributed by atoms with Crippen LogP contribution in [0.3, 0.4) is 0 Å². The molecule has 1 aromatic carbocycles. The third kappa shape index (κ3) is 6.74. The van der Waals surface area contributed by atoms with E-state index in [-0.39, 0.29) is 5.75 Å². The van der Waals surface area contributed by atoms with E-state index in [4.69, 9.17) is 0 Å². The molecule has 1 rings (SSSR count). The van der Waals surface area contributed by atoms with Crippen molar-refractivity contribution in [2.75, 3.05) is 20.1 Å². The van der Waals surface area contributed by atoms with Gasteiger partial charge in [0.05, 0.1) is 0 Å². The Morgan fingerprint density at radius 3 is 2.42 bits per heavy atom. The van der Waals surface area contributed by atoms with Crippen LogP contribution in [0, 0.1) is 5.82 Å². The first kappa shape index (κ1) is 20.2. The lowest BCUT2D eigenvalue weighted by atomic mass is 10.2. The van der Waals surface area contributed by atoms with Gasteiger partial charge >= 0.3 is 0 Å². The van der Waals surface area contributed by atoms with Crippen molar-refractivity contribution in [3.8, 4) is 5.75 Å². The fourth-order valence-electron chi connectivity index (χ4n) is 2.65. The van der Waals surface area contributed by atoms with Crippen LogP contribution >= 0.6 is 0 Å². The second-order valence-electron chi connectivity index (χ2n) is 6.42. The van der Waals surface area contributed by atoms with E-state index >= 15 is 0 Å². The first-order valence-electron chi connectivity index (χ1n) is 8.52. The van der Waals surface area contributed by atoms with Crippen LogP contribution < -0.4 is 10.6 Å². The largest absolute Gasteiger partial charge is 0.505 e. The summed E-state index contributed by atoms with van der Waals surface area (Å²) in [6.07, 6.45) is 1.02. The number of phenolic OH excluding ortho intramolecular Hbond substituents is 1. The Balaban J connectivity index is 2.36. The molecule has 0 amide bonds. The fraction of sp³-hybridized carbons (Fsp3) is 0.611. The SMILES string of the molecule is CN=C(NCCCN(C(C)C)C(C)C)NCc1ccc(O)c(F)c1. The number of nitrogens with zero attached hydrogens (tertiary/aromatic N) is 2. The molecule has 3 N–H and O–H groups in total. The number of phenols is 1. The summed E-state index contributed by atoms with van der Waals surface area (Å²) < 4.78 is 13.3. The van der Waals surface area contributed by atoms with Gasteiger partial charge in [0.15, 0.2) is 17.5 Å². The standard InChI is InChI=1S/C18H31FN4O/c1-13(2)23(14(3)4)10-6-9-21-18(20-5)22-12-15-7-8-17(24)16(19)11-15/h7-8,11,13-14,24H,6,9-10,12H2,1-5H3,(H2,20,21,22). The molecular formula is C18H31FN4O. The van der Waals surface area contributed by atoms with Crippen molar-refractivity contribution >= 4 is 5.96 Å². The van der Waals surface area contributed by atoms with Gasteiger partial charge in [-0.2, -0.15) is 0 Å². The zero-order valence-corrected chi connectivity index (χ0v) is 15.4. The molecule has 0 fully saturated rings. The van der Waals surface area contributed by atoms with E-state index in [1.807, 2.05) is 0 Å². The monoisotopic (exact) mass is 338 g/mol. The molecule has 0 aliphatic heterocycles. The third-order valence-corrected chi connectivity index (χ3v) is 3.91. The summed E-state index contributed by atoms with van der Waals surface area (Å²) in [7, 11) is 1.71. The molecule has 136 valence electrons. The molecule has 0 aromatic heterocycles. The van der Waals surface area contributed by atoms with E-state index in [1.165, 1.54) is 12.1 Å². The Morgan fingerprint density at radius 2 is 1.88 bits per heavy atom. The van der Waals surface area contributed by atoms with Gasteiger partial charge in [-0.3, -0.25) is 9.89 Å². The number of hydrogen-bond acceptors (Lipinski definition) is 3. The number of halogens is 1. The average molecular weight is 338 g/mol. The predicted molar refractivity (Wildman–Crippen MR) is 97.9 cm³/mol. The summed E-state index contributed by atoms with van der Waals surface area (Å²) >= 11 is 0. The van der Waals surface area contributed by atoms with E-state index < -0.39 is 5.82 Å². The van der Waals surface area contributed by atoms with Gasteiger partial charge in [0.2, 0.25) is 0 Å². The van der Waals surface area contributed by atoms with Crippen LogP contribution in [0.4, 0.5) is 4.39 Å². The van der Waals surface area contributed by atoms with Crippen LogP contribution in [-0.2, 0) is 6.54 Å². The Kier molecular flexibility index (Phi) is 8.54. The first-order chi connectivity index (χ1) is 11.3. The van der Waals surface area contributed by atoms with Gasteiger partial charge < -0.3 is 15.7 Å². The van der Waals surface area contributed by atoms with Crippen molar-refractivity contribution < 1.29 is 9.50 Å². The van der Waals surface area contributed by atoms with Crippen molar-refractivity contribution in [1.82, 2.24) is 15.5 Å². The van der Waals surface area contributed by atoms with Crippen molar-refractivity contribution in [3.05, 3.63) is 29.6 Å². The summed E-state index contributed by atoms with van der Waals surface area (Å²) in [4.78, 5) is 6.62. The molecule has 0 bridgehead atoms. The number of hydrogen-bond donors (Lipinski definition) is 3. The molecule has 1 aromatic rings. The summed E-state index contributed by atoms with van der Waals surface area (Å²) in [5, 5.41) is 15.6. The Bertz CT molecular complexity index is 524. The van der Waals surface area contributed by atoms with Crippen LogP contribution in [0.5, 0.6) is 5.75 Å². The van der Waals surface area contributed by atoms with E-state index in [0.29, 0.717) is 24.6 Å². The zero-order valence-electron chi connectivity index (χ0n) is 15.4. The van der Waals surface area contributed by atoms with Crippen molar-refractivity contribution in [2.45, 2.75) is 52.7 Å². The highest BCUT2D eigenvalue weighted by Crippen LogP contribution is 2.15. The Labute approximate surface area is 145 Å². The molecular weight excluding hydrogens is 307 g/mol. The summed E-state index contributed by atoms with van der Waals surface area (Å²) in [5.41, 5.74) is 0.749. The predicted octanol–water partition coefficient (Wildman–Crippen LogP) is 2.71. The smallest absolute Gasteiger partial charge is 0.191 e. The summed E-state index contributed by atoms with van der Waals surface area (Å²) in [6.45, 7) is 11.1. The molecule has 0 unspecified atom stereocenters. The maximum Gasteiger partial charge on any atom is 0.191 e. The molecule has 6 heteroatoms. The van der Waals surface area contributed by atoms with E-state index in [0.717, 1.165) is 25.1 Å². The van der Waals surface area contributed by atoms with E-state index in [9.17, 15) is 9.50 Å². The number of aliphatic imine (C=N–C) groups is 1. The van der Waals surface area contributed by atoms with Gasteiger partial charge in [0.25, 0.3) is 0 Å². The average Bonchev–Trinajstić information content (AvgIpc) is 2.52. The molecule has 0 aliphatic carbocycles. The van der Waals surface area contributed by atoms with E-state index in [2.05, 4.69) is 48.2 Å². The fourth-order valence-corrected chi connectivity index (χ4v) is 2.65. The lowest BCUT2D eigenvalue weighted by Crippen LogP contribution is -2.41. The minimum Gasteiger partial charge on any atom is -0.505 e. The molecule has 24 heavy (non-hydrogen) atoms. The van der Waals surface area contributed by atoms with Gasteiger partial charge in [-0.15, -0.1) is 0 Å². The maximum absolute atomic E-state index is 13.3. The summed E-state index contributed by atoms with van der Waals surface area (Å²) in [5.74, 6) is -0.259. The number of rotatable bonds is 8. The van der Waals surface area contributed by atoms with Gasteiger partial charge in [0.1, 0.15) is 0 Å². The number of aromatic hydroxyl groups is 1. The van der Waals surface area contributed by atoms with Crippen molar-refractivity contribution in [1.29, 1.82) is 0 Å². The third-order valence-electron chi connectivity index (χ3n) is 3.91. The molecule has 0 radical (unpaired) electrons. The van der Waals surface area contributed by atoms with Crippen LogP contribution in [0.15, 0.2) is 23.2 Å². The minimum absolute atomic E-state index is 0.332. The van der Waals surface area contributed by atoms with Crippen LogP contribution in [-0.4, -0.2) is 48.2 Å². The highest BCUT2D eigenvalue weighted by molar-refractivity contribution is 5.79. The van der Waals surface area contributed by atoms with Crippen LogP contribution in [0.1, 0.15) is 39.7 Å². The molecule has 0 spiro atoms. The lowest BCUT2D eigenvalue weighted by Gasteiger charge is -2.30. The lowest BCUT2D eigenvalue weighted by molar-refractivity contribution is 0.173.